The van der Waals surface area contributed by atoms with E-state index in [1.807, 2.05) is 6.07 Å². The van der Waals surface area contributed by atoms with Gasteiger partial charge in [-0.05, 0) is 62.9 Å². The number of methoxy groups -OCH3 is 2. The summed E-state index contributed by atoms with van der Waals surface area (Å²) in [5.41, 5.74) is 1.32. The zero-order valence-corrected chi connectivity index (χ0v) is 16.1. The van der Waals surface area contributed by atoms with E-state index in [1.54, 1.807) is 13.2 Å². The molecule has 0 saturated carbocycles. The predicted molar refractivity (Wildman–Crippen MR) is 101 cm³/mol. The van der Waals surface area contributed by atoms with Crippen molar-refractivity contribution >= 4 is 5.91 Å². The highest BCUT2D eigenvalue weighted by Crippen LogP contribution is 2.33. The van der Waals surface area contributed by atoms with Crippen molar-refractivity contribution in [2.24, 2.45) is 0 Å². The summed E-state index contributed by atoms with van der Waals surface area (Å²) in [5.74, 6) is 0.749. The molecule has 0 aliphatic carbocycles. The molecule has 1 amide bonds. The van der Waals surface area contributed by atoms with E-state index in [9.17, 15) is 9.18 Å². The molecule has 1 unspecified atom stereocenters. The van der Waals surface area contributed by atoms with Crippen LogP contribution >= 0.6 is 0 Å². The molecule has 1 aromatic rings. The summed E-state index contributed by atoms with van der Waals surface area (Å²) in [4.78, 5) is 15.2. The smallest absolute Gasteiger partial charge is 0.255 e. The fourth-order valence-corrected chi connectivity index (χ4v) is 3.62. The quantitative estimate of drug-likeness (QED) is 0.691. The number of ether oxygens (including phenoxy) is 2. The van der Waals surface area contributed by atoms with Crippen molar-refractivity contribution in [1.29, 1.82) is 0 Å². The van der Waals surface area contributed by atoms with Gasteiger partial charge in [0, 0.05) is 12.6 Å². The third kappa shape index (κ3) is 5.10. The van der Waals surface area contributed by atoms with Crippen molar-refractivity contribution in [3.05, 3.63) is 23.3 Å². The van der Waals surface area contributed by atoms with Gasteiger partial charge in [-0.1, -0.05) is 6.92 Å². The van der Waals surface area contributed by atoms with Gasteiger partial charge in [0.15, 0.2) is 11.5 Å². The van der Waals surface area contributed by atoms with Crippen LogP contribution in [0.15, 0.2) is 12.1 Å². The Morgan fingerprint density at radius 2 is 2.15 bits per heavy atom. The van der Waals surface area contributed by atoms with Gasteiger partial charge in [-0.25, -0.2) is 0 Å². The van der Waals surface area contributed by atoms with E-state index in [2.05, 4.69) is 17.1 Å². The number of carbonyl (C=O) groups is 1. The molecule has 2 rings (SSSR count). The Balaban J connectivity index is 2.12. The van der Waals surface area contributed by atoms with E-state index in [0.29, 0.717) is 42.5 Å². The summed E-state index contributed by atoms with van der Waals surface area (Å²) in [7, 11) is 3.06. The molecule has 1 aliphatic heterocycles. The normalized spacial score (nSPS) is 17.3. The number of benzene rings is 1. The van der Waals surface area contributed by atoms with Crippen molar-refractivity contribution in [3.8, 4) is 11.5 Å². The summed E-state index contributed by atoms with van der Waals surface area (Å²) in [5, 5.41) is 3.05. The van der Waals surface area contributed by atoms with Gasteiger partial charge in [-0.15, -0.1) is 0 Å². The number of rotatable bonds is 10. The molecule has 1 fully saturated rings. The molecule has 0 radical (unpaired) electrons. The van der Waals surface area contributed by atoms with Gasteiger partial charge in [-0.3, -0.25) is 14.1 Å². The molecule has 5 nitrogen and oxygen atoms in total. The standard InChI is InChI=1S/C20H31FN2O3/c1-4-10-23-11-6-8-16(23)14-22-20(24)17-12-15(7-5-9-21)13-18(25-2)19(17)26-3/h12-13,16H,4-11,14H2,1-3H3,(H,22,24). The fraction of sp³-hybridized carbons (Fsp3) is 0.650. The van der Waals surface area contributed by atoms with E-state index >= 15 is 0 Å². The Morgan fingerprint density at radius 3 is 2.81 bits per heavy atom. The molecule has 26 heavy (non-hydrogen) atoms. The number of alkyl halides is 1. The highest BCUT2D eigenvalue weighted by Gasteiger charge is 2.25. The fourth-order valence-electron chi connectivity index (χ4n) is 3.62. The van der Waals surface area contributed by atoms with Crippen molar-refractivity contribution in [3.63, 3.8) is 0 Å². The minimum Gasteiger partial charge on any atom is -0.493 e. The number of hydrogen-bond donors (Lipinski definition) is 1. The first-order valence-electron chi connectivity index (χ1n) is 9.47. The summed E-state index contributed by atoms with van der Waals surface area (Å²) >= 11 is 0. The molecule has 0 aromatic heterocycles. The predicted octanol–water partition coefficient (Wildman–Crippen LogP) is 3.21. The van der Waals surface area contributed by atoms with E-state index in [4.69, 9.17) is 9.47 Å². The summed E-state index contributed by atoms with van der Waals surface area (Å²) in [6.07, 6.45) is 4.38. The Hall–Kier alpha value is -1.82. The monoisotopic (exact) mass is 366 g/mol. The van der Waals surface area contributed by atoms with E-state index in [1.165, 1.54) is 13.5 Å². The van der Waals surface area contributed by atoms with Gasteiger partial charge >= 0.3 is 0 Å². The van der Waals surface area contributed by atoms with Crippen LogP contribution in [0.1, 0.15) is 48.5 Å². The number of likely N-dealkylation sites (tertiary alicyclic amines) is 1. The first-order valence-corrected chi connectivity index (χ1v) is 9.47. The van der Waals surface area contributed by atoms with Crippen LogP contribution in [0.4, 0.5) is 4.39 Å². The van der Waals surface area contributed by atoms with Crippen LogP contribution in [-0.2, 0) is 6.42 Å². The highest BCUT2D eigenvalue weighted by molar-refractivity contribution is 5.98. The zero-order chi connectivity index (χ0) is 18.9. The van der Waals surface area contributed by atoms with Crippen molar-refractivity contribution in [1.82, 2.24) is 10.2 Å². The molecule has 0 bridgehead atoms. The average molecular weight is 366 g/mol. The van der Waals surface area contributed by atoms with Gasteiger partial charge in [0.05, 0.1) is 26.5 Å². The molecule has 1 saturated heterocycles. The third-order valence-electron chi connectivity index (χ3n) is 4.89. The molecule has 6 heteroatoms. The van der Waals surface area contributed by atoms with E-state index in [-0.39, 0.29) is 12.6 Å². The second-order valence-electron chi connectivity index (χ2n) is 6.71. The number of carbonyl (C=O) groups excluding carboxylic acids is 1. The summed E-state index contributed by atoms with van der Waals surface area (Å²) < 4.78 is 23.3. The largest absolute Gasteiger partial charge is 0.493 e. The number of hydrogen-bond acceptors (Lipinski definition) is 4. The number of nitrogens with zero attached hydrogens (tertiary/aromatic N) is 1. The molecule has 1 N–H and O–H groups in total. The summed E-state index contributed by atoms with van der Waals surface area (Å²) in [6, 6.07) is 3.98. The lowest BCUT2D eigenvalue weighted by molar-refractivity contribution is 0.0937. The van der Waals surface area contributed by atoms with Crippen LogP contribution < -0.4 is 14.8 Å². The highest BCUT2D eigenvalue weighted by atomic mass is 19.1. The van der Waals surface area contributed by atoms with Crippen molar-refractivity contribution in [2.45, 2.75) is 45.1 Å². The number of amides is 1. The van der Waals surface area contributed by atoms with Gasteiger partial charge in [0.1, 0.15) is 0 Å². The molecule has 0 spiro atoms. The lowest BCUT2D eigenvalue weighted by atomic mass is 10.0. The maximum atomic E-state index is 12.8. The number of halogens is 1. The van der Waals surface area contributed by atoms with Gasteiger partial charge < -0.3 is 14.8 Å². The first-order chi connectivity index (χ1) is 12.6. The Kier molecular flexibility index (Phi) is 8.16. The SMILES string of the molecule is CCCN1CCCC1CNC(=O)c1cc(CCCF)cc(OC)c1OC. The minimum absolute atomic E-state index is 0.175. The van der Waals surface area contributed by atoms with E-state index in [0.717, 1.165) is 31.5 Å². The maximum Gasteiger partial charge on any atom is 0.255 e. The van der Waals surface area contributed by atoms with Gasteiger partial charge in [0.2, 0.25) is 0 Å². The molecule has 1 aliphatic rings. The van der Waals surface area contributed by atoms with Gasteiger partial charge in [0.25, 0.3) is 5.91 Å². The molecular formula is C20H31FN2O3. The lowest BCUT2D eigenvalue weighted by Gasteiger charge is -2.24. The number of aryl methyl sites for hydroxylation is 1. The minimum atomic E-state index is -0.384. The molecule has 1 aromatic carbocycles. The molecule has 1 heterocycles. The Labute approximate surface area is 155 Å². The summed E-state index contributed by atoms with van der Waals surface area (Å²) in [6.45, 7) is 4.58. The van der Waals surface area contributed by atoms with Crippen LogP contribution in [0.2, 0.25) is 0 Å². The Bertz CT molecular complexity index is 595. The maximum absolute atomic E-state index is 12.8. The molecule has 146 valence electrons. The second kappa shape index (κ2) is 10.4. The topological polar surface area (TPSA) is 50.8 Å². The zero-order valence-electron chi connectivity index (χ0n) is 16.1. The third-order valence-corrected chi connectivity index (χ3v) is 4.89. The van der Waals surface area contributed by atoms with Crippen LogP contribution in [-0.4, -0.2) is 57.4 Å². The van der Waals surface area contributed by atoms with Crippen LogP contribution in [0.3, 0.4) is 0 Å². The average Bonchev–Trinajstić information content (AvgIpc) is 3.10. The van der Waals surface area contributed by atoms with Gasteiger partial charge in [-0.2, -0.15) is 0 Å². The molecular weight excluding hydrogens is 335 g/mol. The number of nitrogens with one attached hydrogen (secondary N) is 1. The first kappa shape index (κ1) is 20.5. The Morgan fingerprint density at radius 1 is 1.35 bits per heavy atom. The van der Waals surface area contributed by atoms with Crippen LogP contribution in [0.25, 0.3) is 0 Å². The van der Waals surface area contributed by atoms with Crippen LogP contribution in [0, 0.1) is 0 Å². The second-order valence-corrected chi connectivity index (χ2v) is 6.71. The van der Waals surface area contributed by atoms with Crippen molar-refractivity contribution in [2.75, 3.05) is 40.5 Å². The van der Waals surface area contributed by atoms with Crippen molar-refractivity contribution < 1.29 is 18.7 Å². The lowest BCUT2D eigenvalue weighted by Crippen LogP contribution is -2.40. The van der Waals surface area contributed by atoms with E-state index < -0.39 is 0 Å². The molecule has 1 atom stereocenters. The van der Waals surface area contributed by atoms with Crippen LogP contribution in [0.5, 0.6) is 11.5 Å².